The van der Waals surface area contributed by atoms with Crippen LogP contribution in [0.3, 0.4) is 0 Å². The number of benzene rings is 8. The van der Waals surface area contributed by atoms with Gasteiger partial charge in [-0.05, 0) is 154 Å². The topological polar surface area (TPSA) is 149 Å². The molecule has 0 amide bonds. The second-order valence-corrected chi connectivity index (χ2v) is 16.9. The predicted molar refractivity (Wildman–Crippen MR) is 262 cm³/mol. The monoisotopic (exact) mass is 934 g/mol. The Morgan fingerprint density at radius 1 is 0.371 bits per heavy atom. The Bertz CT molecular complexity index is 2960. The Morgan fingerprint density at radius 3 is 1.06 bits per heavy atom. The largest absolute Gasteiger partial charge is 0.491 e. The molecule has 8 aromatic carbocycles. The highest BCUT2D eigenvalue weighted by Crippen LogP contribution is 2.29. The van der Waals surface area contributed by atoms with Gasteiger partial charge < -0.3 is 37.9 Å². The van der Waals surface area contributed by atoms with E-state index < -0.39 is 23.9 Å². The molecule has 70 heavy (non-hydrogen) atoms. The van der Waals surface area contributed by atoms with Gasteiger partial charge in [0.1, 0.15) is 48.4 Å². The standard InChI is InChI=1S/C58H46O12/c59-55(47-13-11-45-31-51(25-19-43(45)29-47)69-57(61)41-7-3-37(4-8-41)39-15-21-49(22-16-39)65-33-53-35-67-53)63-27-1-2-28-64-56(60)48-14-12-46-32-52(26-20-44(46)30-48)70-58(62)42-9-5-38(6-10-42)40-17-23-50(24-18-40)66-34-54-36-68-54/h3-26,29-32,53-54H,1-2,27-28,33-36H2. The van der Waals surface area contributed by atoms with Gasteiger partial charge in [0.25, 0.3) is 0 Å². The molecule has 0 saturated carbocycles. The van der Waals surface area contributed by atoms with Gasteiger partial charge in [-0.1, -0.05) is 72.8 Å². The van der Waals surface area contributed by atoms with Crippen molar-refractivity contribution in [2.45, 2.75) is 25.0 Å². The van der Waals surface area contributed by atoms with Crippen LogP contribution in [0.4, 0.5) is 0 Å². The van der Waals surface area contributed by atoms with Crippen LogP contribution in [0.2, 0.25) is 0 Å². The molecule has 2 aliphatic heterocycles. The molecule has 10 rings (SSSR count). The van der Waals surface area contributed by atoms with Crippen LogP contribution in [-0.4, -0.2) is 75.7 Å². The first-order chi connectivity index (χ1) is 34.3. The van der Waals surface area contributed by atoms with E-state index in [4.69, 9.17) is 37.9 Å². The number of esters is 4. The number of carbonyl (C=O) groups excluding carboxylic acids is 4. The molecule has 12 heteroatoms. The van der Waals surface area contributed by atoms with Crippen LogP contribution in [0.15, 0.2) is 170 Å². The molecule has 2 atom stereocenters. The van der Waals surface area contributed by atoms with Gasteiger partial charge in [-0.3, -0.25) is 0 Å². The molecule has 0 radical (unpaired) electrons. The third-order valence-corrected chi connectivity index (χ3v) is 11.8. The Morgan fingerprint density at radius 2 is 0.686 bits per heavy atom. The first-order valence-corrected chi connectivity index (χ1v) is 23.0. The normalized spacial score (nSPS) is 14.6. The first-order valence-electron chi connectivity index (χ1n) is 23.0. The van der Waals surface area contributed by atoms with Crippen LogP contribution in [0.5, 0.6) is 23.0 Å². The van der Waals surface area contributed by atoms with Crippen molar-refractivity contribution in [2.75, 3.05) is 39.6 Å². The van der Waals surface area contributed by atoms with E-state index >= 15 is 0 Å². The number of hydrogen-bond donors (Lipinski definition) is 0. The lowest BCUT2D eigenvalue weighted by molar-refractivity contribution is 0.0432. The van der Waals surface area contributed by atoms with Crippen molar-refractivity contribution in [3.8, 4) is 45.3 Å². The predicted octanol–water partition coefficient (Wildman–Crippen LogP) is 11.1. The average Bonchev–Trinajstić information content (AvgIpc) is 4.36. The Labute approximate surface area is 403 Å². The number of hydrogen-bond acceptors (Lipinski definition) is 12. The summed E-state index contributed by atoms with van der Waals surface area (Å²) < 4.78 is 44.2. The minimum atomic E-state index is -0.484. The van der Waals surface area contributed by atoms with Crippen LogP contribution in [0.1, 0.15) is 54.3 Å². The summed E-state index contributed by atoms with van der Waals surface area (Å²) in [5.74, 6) is 0.400. The molecule has 350 valence electrons. The lowest BCUT2D eigenvalue weighted by atomic mass is 10.0. The molecule has 0 aliphatic carbocycles. The third kappa shape index (κ3) is 11.7. The van der Waals surface area contributed by atoms with Crippen molar-refractivity contribution in [1.29, 1.82) is 0 Å². The van der Waals surface area contributed by atoms with E-state index in [1.54, 1.807) is 97.1 Å². The summed E-state index contributed by atoms with van der Waals surface area (Å²) in [4.78, 5) is 51.8. The molecule has 2 unspecified atom stereocenters. The quantitative estimate of drug-likeness (QED) is 0.0329. The molecular formula is C58H46O12. The maximum Gasteiger partial charge on any atom is 0.343 e. The number of rotatable bonds is 19. The number of carbonyl (C=O) groups is 4. The van der Waals surface area contributed by atoms with Crippen LogP contribution >= 0.6 is 0 Å². The molecule has 0 N–H and O–H groups in total. The summed E-state index contributed by atoms with van der Waals surface area (Å²) in [6.45, 7) is 2.89. The van der Waals surface area contributed by atoms with Gasteiger partial charge in [0.15, 0.2) is 0 Å². The van der Waals surface area contributed by atoms with Crippen LogP contribution in [0, 0.1) is 0 Å². The van der Waals surface area contributed by atoms with Crippen LogP contribution in [0.25, 0.3) is 43.8 Å². The Balaban J connectivity index is 0.636. The van der Waals surface area contributed by atoms with Gasteiger partial charge >= 0.3 is 23.9 Å². The van der Waals surface area contributed by atoms with Crippen LogP contribution in [-0.2, 0) is 18.9 Å². The van der Waals surface area contributed by atoms with E-state index in [9.17, 15) is 19.2 Å². The first kappa shape index (κ1) is 45.5. The zero-order chi connectivity index (χ0) is 47.8. The number of epoxide rings is 2. The van der Waals surface area contributed by atoms with E-state index in [-0.39, 0.29) is 25.4 Å². The average molecular weight is 935 g/mol. The summed E-state index contributed by atoms with van der Waals surface area (Å²) in [5, 5.41) is 3.14. The molecule has 8 aromatic rings. The lowest BCUT2D eigenvalue weighted by Gasteiger charge is -2.09. The maximum absolute atomic E-state index is 13.0. The molecule has 2 heterocycles. The number of fused-ring (bicyclic) bond motifs is 2. The smallest absolute Gasteiger partial charge is 0.343 e. The van der Waals surface area contributed by atoms with Gasteiger partial charge in [-0.2, -0.15) is 0 Å². The second-order valence-electron chi connectivity index (χ2n) is 16.9. The zero-order valence-corrected chi connectivity index (χ0v) is 37.9. The summed E-state index contributed by atoms with van der Waals surface area (Å²) in [6, 6.07) is 50.8. The zero-order valence-electron chi connectivity index (χ0n) is 37.9. The van der Waals surface area contributed by atoms with Crippen molar-refractivity contribution >= 4 is 45.4 Å². The lowest BCUT2D eigenvalue weighted by Crippen LogP contribution is -2.09. The number of ether oxygens (including phenoxy) is 8. The Kier molecular flexibility index (Phi) is 13.6. The molecule has 2 fully saturated rings. The molecular weight excluding hydrogens is 889 g/mol. The fraction of sp³-hybridized carbons (Fsp3) is 0.172. The highest BCUT2D eigenvalue weighted by molar-refractivity contribution is 5.98. The summed E-state index contributed by atoms with van der Waals surface area (Å²) in [7, 11) is 0. The van der Waals surface area contributed by atoms with Crippen molar-refractivity contribution in [1.82, 2.24) is 0 Å². The SMILES string of the molecule is O=C(OCCCCOC(=O)c1ccc2cc(OC(=O)c3ccc(-c4ccc(OCC5CO5)cc4)cc3)ccc2c1)c1ccc2cc(OC(=O)c3ccc(-c4ccc(OCC5CO5)cc4)cc3)ccc2c1. The van der Waals surface area contributed by atoms with Gasteiger partial charge in [0.2, 0.25) is 0 Å². The summed E-state index contributed by atoms with van der Waals surface area (Å²) in [5.41, 5.74) is 5.50. The van der Waals surface area contributed by atoms with E-state index in [1.165, 1.54) is 0 Å². The fourth-order valence-electron chi connectivity index (χ4n) is 7.65. The summed E-state index contributed by atoms with van der Waals surface area (Å²) >= 11 is 0. The minimum absolute atomic E-state index is 0.151. The molecule has 0 aromatic heterocycles. The highest BCUT2D eigenvalue weighted by atomic mass is 16.6. The highest BCUT2D eigenvalue weighted by Gasteiger charge is 2.24. The van der Waals surface area contributed by atoms with Crippen molar-refractivity contribution < 1.29 is 57.1 Å². The van der Waals surface area contributed by atoms with Gasteiger partial charge in [-0.15, -0.1) is 0 Å². The minimum Gasteiger partial charge on any atom is -0.491 e. The summed E-state index contributed by atoms with van der Waals surface area (Å²) in [6.07, 6.45) is 1.37. The molecule has 0 bridgehead atoms. The van der Waals surface area contributed by atoms with E-state index in [0.29, 0.717) is 59.8 Å². The molecule has 2 saturated heterocycles. The van der Waals surface area contributed by atoms with Gasteiger partial charge in [0.05, 0.1) is 48.7 Å². The van der Waals surface area contributed by atoms with Crippen molar-refractivity contribution in [2.24, 2.45) is 0 Å². The van der Waals surface area contributed by atoms with E-state index in [0.717, 1.165) is 68.5 Å². The number of unbranched alkanes of at least 4 members (excludes halogenated alkanes) is 1. The molecule has 2 aliphatic rings. The van der Waals surface area contributed by atoms with Crippen LogP contribution < -0.4 is 18.9 Å². The van der Waals surface area contributed by atoms with E-state index in [2.05, 4.69) is 0 Å². The maximum atomic E-state index is 13.0. The van der Waals surface area contributed by atoms with Gasteiger partial charge in [-0.25, -0.2) is 19.2 Å². The second kappa shape index (κ2) is 20.9. The Hall–Kier alpha value is -8.32. The van der Waals surface area contributed by atoms with Crippen molar-refractivity contribution in [3.63, 3.8) is 0 Å². The molecule has 12 nitrogen and oxygen atoms in total. The molecule has 0 spiro atoms. The third-order valence-electron chi connectivity index (χ3n) is 11.8. The van der Waals surface area contributed by atoms with Gasteiger partial charge in [0, 0.05) is 0 Å². The van der Waals surface area contributed by atoms with Crippen molar-refractivity contribution in [3.05, 3.63) is 192 Å². The fourth-order valence-corrected chi connectivity index (χ4v) is 7.65. The van der Waals surface area contributed by atoms with E-state index in [1.807, 2.05) is 72.8 Å².